The minimum absolute atomic E-state index is 0.266. The van der Waals surface area contributed by atoms with Gasteiger partial charge in [0.15, 0.2) is 0 Å². The molecular formula is C12H16N2O4. The smallest absolute Gasteiger partial charge is 0.325 e. The second kappa shape index (κ2) is 6.48. The first-order valence-corrected chi connectivity index (χ1v) is 5.43. The van der Waals surface area contributed by atoms with E-state index in [1.54, 1.807) is 13.2 Å². The van der Waals surface area contributed by atoms with Crippen LogP contribution in [0.5, 0.6) is 5.75 Å². The van der Waals surface area contributed by atoms with Gasteiger partial charge in [0, 0.05) is 12.1 Å². The Morgan fingerprint density at radius 1 is 1.39 bits per heavy atom. The van der Waals surface area contributed by atoms with Gasteiger partial charge < -0.3 is 20.5 Å². The number of urea groups is 1. The quantitative estimate of drug-likeness (QED) is 0.728. The van der Waals surface area contributed by atoms with Gasteiger partial charge in [-0.2, -0.15) is 0 Å². The molecule has 0 spiro atoms. The summed E-state index contributed by atoms with van der Waals surface area (Å²) in [5.41, 5.74) is 0.818. The van der Waals surface area contributed by atoms with Crippen LogP contribution in [0.2, 0.25) is 0 Å². The Balaban J connectivity index is 2.50. The van der Waals surface area contributed by atoms with Crippen LogP contribution in [-0.4, -0.2) is 30.3 Å². The summed E-state index contributed by atoms with van der Waals surface area (Å²) >= 11 is 0. The molecule has 6 nitrogen and oxygen atoms in total. The van der Waals surface area contributed by atoms with E-state index in [1.807, 2.05) is 18.2 Å². The van der Waals surface area contributed by atoms with Crippen molar-refractivity contribution in [2.45, 2.75) is 19.5 Å². The number of ether oxygens (including phenoxy) is 1. The van der Waals surface area contributed by atoms with Crippen LogP contribution in [-0.2, 0) is 11.3 Å². The SMILES string of the molecule is COc1ccccc1CNC(=O)N[C@@H](C)C(=O)O. The summed E-state index contributed by atoms with van der Waals surface area (Å²) in [6, 6.07) is 5.80. The molecule has 0 aliphatic heterocycles. The third-order valence-corrected chi connectivity index (χ3v) is 2.35. The van der Waals surface area contributed by atoms with Crippen LogP contribution in [0.15, 0.2) is 24.3 Å². The first kappa shape index (κ1) is 13.8. The van der Waals surface area contributed by atoms with Gasteiger partial charge >= 0.3 is 12.0 Å². The Hall–Kier alpha value is -2.24. The molecule has 0 saturated carbocycles. The highest BCUT2D eigenvalue weighted by molar-refractivity contribution is 5.82. The lowest BCUT2D eigenvalue weighted by atomic mass is 10.2. The number of carboxylic acids is 1. The fraction of sp³-hybridized carbons (Fsp3) is 0.333. The number of rotatable bonds is 5. The number of aliphatic carboxylic acids is 1. The lowest BCUT2D eigenvalue weighted by Gasteiger charge is -2.12. The molecule has 1 rings (SSSR count). The number of carboxylic acid groups (broad SMARTS) is 1. The molecule has 98 valence electrons. The third-order valence-electron chi connectivity index (χ3n) is 2.35. The van der Waals surface area contributed by atoms with Gasteiger partial charge in [-0.3, -0.25) is 4.79 Å². The predicted octanol–water partition coefficient (Wildman–Crippen LogP) is 0.968. The number of carbonyl (C=O) groups is 2. The first-order chi connectivity index (χ1) is 8.54. The molecule has 18 heavy (non-hydrogen) atoms. The average Bonchev–Trinajstić information content (AvgIpc) is 2.36. The predicted molar refractivity (Wildman–Crippen MR) is 65.5 cm³/mol. The van der Waals surface area contributed by atoms with Crippen LogP contribution in [0.4, 0.5) is 4.79 Å². The fourth-order valence-corrected chi connectivity index (χ4v) is 1.33. The molecule has 0 saturated heterocycles. The summed E-state index contributed by atoms with van der Waals surface area (Å²) in [5, 5.41) is 13.5. The van der Waals surface area contributed by atoms with Crippen LogP contribution in [0.3, 0.4) is 0 Å². The molecular weight excluding hydrogens is 236 g/mol. The van der Waals surface area contributed by atoms with E-state index in [-0.39, 0.29) is 6.54 Å². The zero-order chi connectivity index (χ0) is 13.5. The Bertz CT molecular complexity index is 434. The summed E-state index contributed by atoms with van der Waals surface area (Å²) in [7, 11) is 1.55. The lowest BCUT2D eigenvalue weighted by molar-refractivity contribution is -0.138. The molecule has 0 heterocycles. The van der Waals surface area contributed by atoms with Crippen molar-refractivity contribution in [3.05, 3.63) is 29.8 Å². The molecule has 3 N–H and O–H groups in total. The Morgan fingerprint density at radius 2 is 2.06 bits per heavy atom. The second-order valence-corrected chi connectivity index (χ2v) is 3.70. The van der Waals surface area contributed by atoms with Gasteiger partial charge in [0.05, 0.1) is 7.11 Å². The monoisotopic (exact) mass is 252 g/mol. The molecule has 0 fully saturated rings. The molecule has 0 unspecified atom stereocenters. The zero-order valence-electron chi connectivity index (χ0n) is 10.3. The maximum absolute atomic E-state index is 11.4. The normalized spacial score (nSPS) is 11.4. The molecule has 0 aliphatic carbocycles. The standard InChI is InChI=1S/C12H16N2O4/c1-8(11(15)16)14-12(17)13-7-9-5-3-4-6-10(9)18-2/h3-6,8H,7H2,1-2H3,(H,15,16)(H2,13,14,17)/t8-/m0/s1. The number of hydrogen-bond donors (Lipinski definition) is 3. The molecule has 2 amide bonds. The van der Waals surface area contributed by atoms with Gasteiger partial charge in [-0.1, -0.05) is 18.2 Å². The number of nitrogens with one attached hydrogen (secondary N) is 2. The van der Waals surface area contributed by atoms with Gasteiger partial charge in [-0.25, -0.2) is 4.79 Å². The third kappa shape index (κ3) is 3.97. The summed E-state index contributed by atoms with van der Waals surface area (Å²) in [5.74, 6) is -0.411. The molecule has 0 aromatic heterocycles. The first-order valence-electron chi connectivity index (χ1n) is 5.43. The minimum Gasteiger partial charge on any atom is -0.496 e. The Labute approximate surface area is 105 Å². The molecule has 0 bridgehead atoms. The topological polar surface area (TPSA) is 87.7 Å². The van der Waals surface area contributed by atoms with E-state index in [4.69, 9.17) is 9.84 Å². The van der Waals surface area contributed by atoms with Gasteiger partial charge in [0.1, 0.15) is 11.8 Å². The number of para-hydroxylation sites is 1. The summed E-state index contributed by atoms with van der Waals surface area (Å²) in [6.45, 7) is 1.66. The number of carbonyl (C=O) groups excluding carboxylic acids is 1. The van der Waals surface area contributed by atoms with Gasteiger partial charge in [-0.15, -0.1) is 0 Å². The van der Waals surface area contributed by atoms with E-state index >= 15 is 0 Å². The lowest BCUT2D eigenvalue weighted by Crippen LogP contribution is -2.44. The summed E-state index contributed by atoms with van der Waals surface area (Å²) in [6.07, 6.45) is 0. The van der Waals surface area contributed by atoms with Gasteiger partial charge in [-0.05, 0) is 13.0 Å². The maximum Gasteiger partial charge on any atom is 0.325 e. The van der Waals surface area contributed by atoms with Gasteiger partial charge in [0.2, 0.25) is 0 Å². The van der Waals surface area contributed by atoms with Gasteiger partial charge in [0.25, 0.3) is 0 Å². The largest absolute Gasteiger partial charge is 0.496 e. The van der Waals surface area contributed by atoms with Crippen molar-refractivity contribution in [3.63, 3.8) is 0 Å². The van der Waals surface area contributed by atoms with E-state index in [2.05, 4.69) is 10.6 Å². The van der Waals surface area contributed by atoms with E-state index in [9.17, 15) is 9.59 Å². The van der Waals surface area contributed by atoms with E-state index < -0.39 is 18.0 Å². The van der Waals surface area contributed by atoms with Crippen LogP contribution in [0, 0.1) is 0 Å². The van der Waals surface area contributed by atoms with Crippen molar-refractivity contribution in [1.82, 2.24) is 10.6 Å². The molecule has 1 aromatic carbocycles. The van der Waals surface area contributed by atoms with Crippen LogP contribution < -0.4 is 15.4 Å². The highest BCUT2D eigenvalue weighted by atomic mass is 16.5. The zero-order valence-corrected chi connectivity index (χ0v) is 10.3. The van der Waals surface area contributed by atoms with Crippen molar-refractivity contribution in [1.29, 1.82) is 0 Å². The number of amides is 2. The van der Waals surface area contributed by atoms with Crippen LogP contribution in [0.1, 0.15) is 12.5 Å². The number of benzene rings is 1. The average molecular weight is 252 g/mol. The minimum atomic E-state index is -1.08. The Morgan fingerprint density at radius 3 is 2.67 bits per heavy atom. The second-order valence-electron chi connectivity index (χ2n) is 3.70. The fourth-order valence-electron chi connectivity index (χ4n) is 1.33. The van der Waals surface area contributed by atoms with Crippen LogP contribution >= 0.6 is 0 Å². The van der Waals surface area contributed by atoms with Crippen molar-refractivity contribution < 1.29 is 19.4 Å². The molecule has 6 heteroatoms. The van der Waals surface area contributed by atoms with Crippen LogP contribution in [0.25, 0.3) is 0 Å². The van der Waals surface area contributed by atoms with E-state index in [0.717, 1.165) is 5.56 Å². The Kier molecular flexibility index (Phi) is 4.98. The van der Waals surface area contributed by atoms with Crippen molar-refractivity contribution in [2.24, 2.45) is 0 Å². The highest BCUT2D eigenvalue weighted by Crippen LogP contribution is 2.16. The molecule has 1 aromatic rings. The van der Waals surface area contributed by atoms with E-state index in [0.29, 0.717) is 5.75 Å². The number of hydrogen-bond acceptors (Lipinski definition) is 3. The summed E-state index contributed by atoms with van der Waals surface area (Å²) in [4.78, 5) is 22.0. The molecule has 1 atom stereocenters. The molecule has 0 radical (unpaired) electrons. The van der Waals surface area contributed by atoms with E-state index in [1.165, 1.54) is 6.92 Å². The summed E-state index contributed by atoms with van der Waals surface area (Å²) < 4.78 is 5.13. The number of methoxy groups -OCH3 is 1. The highest BCUT2D eigenvalue weighted by Gasteiger charge is 2.13. The maximum atomic E-state index is 11.4. The van der Waals surface area contributed by atoms with Crippen molar-refractivity contribution in [2.75, 3.05) is 7.11 Å². The molecule has 0 aliphatic rings. The van der Waals surface area contributed by atoms with Crippen molar-refractivity contribution in [3.8, 4) is 5.75 Å². The van der Waals surface area contributed by atoms with Crippen molar-refractivity contribution >= 4 is 12.0 Å².